The van der Waals surface area contributed by atoms with Crippen LogP contribution in [0.5, 0.6) is 0 Å². The molecule has 2 aromatic rings. The lowest BCUT2D eigenvalue weighted by Gasteiger charge is -2.17. The summed E-state index contributed by atoms with van der Waals surface area (Å²) in [6.45, 7) is 14.0. The van der Waals surface area contributed by atoms with E-state index in [0.29, 0.717) is 47.5 Å². The Morgan fingerprint density at radius 2 is 1.80 bits per heavy atom. The Labute approximate surface area is 268 Å². The second-order valence-corrected chi connectivity index (χ2v) is 13.3. The van der Waals surface area contributed by atoms with E-state index in [-0.39, 0.29) is 29.9 Å². The number of H-pyrrole nitrogens is 2. The molecule has 9 nitrogen and oxygen atoms in total. The summed E-state index contributed by atoms with van der Waals surface area (Å²) >= 11 is 0. The van der Waals surface area contributed by atoms with Gasteiger partial charge in [0.05, 0.1) is 34.4 Å². The molecule has 9 heteroatoms. The smallest absolute Gasteiger partial charge is 0.303 e. The molecule has 3 atom stereocenters. The number of hydrogen-bond donors (Lipinski definition) is 5. The minimum atomic E-state index is -0.858. The number of rotatable bonds is 8. The van der Waals surface area contributed by atoms with E-state index in [2.05, 4.69) is 30.7 Å². The second-order valence-electron chi connectivity index (χ2n) is 13.3. The summed E-state index contributed by atoms with van der Waals surface area (Å²) in [6, 6.07) is 3.77. The molecule has 1 aliphatic carbocycles. The molecule has 5 heterocycles. The Morgan fingerprint density at radius 3 is 2.43 bits per heavy atom. The zero-order valence-electron chi connectivity index (χ0n) is 27.5. The number of carbonyl (C=O) groups excluding carboxylic acids is 1. The number of hydrogen-bond acceptors (Lipinski definition) is 6. The molecule has 2 aromatic heterocycles. The second kappa shape index (κ2) is 11.7. The van der Waals surface area contributed by atoms with Gasteiger partial charge in [0.25, 0.3) is 0 Å². The van der Waals surface area contributed by atoms with Crippen molar-refractivity contribution in [2.24, 2.45) is 5.92 Å². The number of allylic oxidation sites excluding steroid dienone is 3. The number of carbonyl (C=O) groups is 2. The summed E-state index contributed by atoms with van der Waals surface area (Å²) in [5, 5.41) is 31.9. The highest BCUT2D eigenvalue weighted by Crippen LogP contribution is 2.47. The fourth-order valence-electron chi connectivity index (χ4n) is 7.72. The minimum Gasteiger partial charge on any atom is -0.507 e. The van der Waals surface area contributed by atoms with E-state index in [1.807, 2.05) is 32.9 Å². The molecule has 8 bridgehead atoms. The highest BCUT2D eigenvalue weighted by Gasteiger charge is 2.35. The van der Waals surface area contributed by atoms with E-state index < -0.39 is 12.1 Å². The van der Waals surface area contributed by atoms with Gasteiger partial charge < -0.3 is 25.3 Å². The van der Waals surface area contributed by atoms with Crippen molar-refractivity contribution < 1.29 is 24.9 Å². The Bertz CT molecular complexity index is 1970. The zero-order chi connectivity index (χ0) is 33.2. The number of carboxylic acids is 1. The van der Waals surface area contributed by atoms with Gasteiger partial charge in [-0.05, 0) is 86.4 Å². The monoisotopic (exact) mass is 622 g/mol. The topological polar surface area (TPSA) is 152 Å². The van der Waals surface area contributed by atoms with Gasteiger partial charge in [-0.15, -0.1) is 0 Å². The normalized spacial score (nSPS) is 18.8. The highest BCUT2D eigenvalue weighted by atomic mass is 16.4. The van der Waals surface area contributed by atoms with Gasteiger partial charge in [-0.3, -0.25) is 9.59 Å². The van der Waals surface area contributed by atoms with Crippen molar-refractivity contribution in [3.8, 4) is 0 Å². The maximum absolute atomic E-state index is 12.7. The number of aryl methyl sites for hydroxylation is 1. The molecule has 4 aliphatic rings. The average molecular weight is 623 g/mol. The predicted octanol–water partition coefficient (Wildman–Crippen LogP) is 7.50. The Hall–Kier alpha value is -4.50. The van der Waals surface area contributed by atoms with Crippen molar-refractivity contribution >= 4 is 57.4 Å². The standard InChI is InChI=1S/C37H42N4O5/c1-8-21-26-13-27-23(11-16(2)3)25(15-42)28(38-27)14-29-32(20(7)43)18(5)35(40-29)19(6)34-17(4)22(9-10-31(45)46)36(41-34)24-12-30(44)33(21)37(24)39-26/h12-17,20,22,39,41,43-44H,8-11H2,1-7H3,(H,45,46)/t17-,20?,22-/m0/s1. The number of carboxylic acid groups (broad SMARTS) is 1. The zero-order valence-corrected chi connectivity index (χ0v) is 27.5. The number of nitrogens with zero attached hydrogens (tertiary/aromatic N) is 2. The third-order valence-electron chi connectivity index (χ3n) is 9.84. The summed E-state index contributed by atoms with van der Waals surface area (Å²) in [4.78, 5) is 41.7. The number of aromatic nitrogens is 4. The van der Waals surface area contributed by atoms with Crippen molar-refractivity contribution in [2.75, 3.05) is 0 Å². The van der Waals surface area contributed by atoms with Crippen molar-refractivity contribution in [3.63, 3.8) is 0 Å². The molecule has 0 spiro atoms. The maximum atomic E-state index is 12.7. The van der Waals surface area contributed by atoms with Crippen LogP contribution in [0.1, 0.15) is 129 Å². The molecular weight excluding hydrogens is 580 g/mol. The lowest BCUT2D eigenvalue weighted by Crippen LogP contribution is -2.07. The first-order chi connectivity index (χ1) is 21.9. The van der Waals surface area contributed by atoms with Gasteiger partial charge in [0, 0.05) is 57.4 Å². The first kappa shape index (κ1) is 31.5. The summed E-state index contributed by atoms with van der Waals surface area (Å²) in [5.74, 6) is -0.650. The van der Waals surface area contributed by atoms with Gasteiger partial charge in [0.15, 0.2) is 6.29 Å². The van der Waals surface area contributed by atoms with Crippen LogP contribution in [-0.2, 0) is 16.0 Å². The molecule has 0 aromatic carbocycles. The predicted molar refractivity (Wildman–Crippen MR) is 181 cm³/mol. The molecule has 0 radical (unpaired) electrons. The van der Waals surface area contributed by atoms with Crippen molar-refractivity contribution in [3.05, 3.63) is 68.6 Å². The van der Waals surface area contributed by atoms with Gasteiger partial charge >= 0.3 is 5.97 Å². The number of aliphatic carboxylic acids is 1. The molecule has 0 saturated heterocycles. The Morgan fingerprint density at radius 1 is 1.07 bits per heavy atom. The van der Waals surface area contributed by atoms with Crippen LogP contribution < -0.4 is 0 Å². The van der Waals surface area contributed by atoms with Gasteiger partial charge in [0.2, 0.25) is 0 Å². The number of nitrogens with one attached hydrogen (secondary N) is 2. The van der Waals surface area contributed by atoms with Crippen LogP contribution in [0, 0.1) is 12.8 Å². The minimum absolute atomic E-state index is 0.00765. The van der Waals surface area contributed by atoms with E-state index in [1.54, 1.807) is 13.0 Å². The number of aliphatic hydroxyl groups is 2. The van der Waals surface area contributed by atoms with Crippen molar-refractivity contribution in [1.29, 1.82) is 0 Å². The van der Waals surface area contributed by atoms with E-state index in [1.165, 1.54) is 0 Å². The van der Waals surface area contributed by atoms with Gasteiger partial charge in [-0.2, -0.15) is 0 Å². The van der Waals surface area contributed by atoms with Crippen LogP contribution in [-0.4, -0.2) is 53.6 Å². The molecule has 46 heavy (non-hydrogen) atoms. The van der Waals surface area contributed by atoms with Crippen molar-refractivity contribution in [2.45, 2.75) is 92.1 Å². The molecule has 0 amide bonds. The number of fused-ring (bicyclic) bond motifs is 8. The van der Waals surface area contributed by atoms with Gasteiger partial charge in [-0.1, -0.05) is 27.7 Å². The SMILES string of the molecule is CCc1c2c3[nH]c1cc1nc(cc4nc(c(C)c5[nH]c(c3C=C2O)[C@@H](CCC(=O)O)[C@@H]5C)C(C)=C4C(C)O)C(C=O)=C1CC(C)C. The van der Waals surface area contributed by atoms with Crippen molar-refractivity contribution in [1.82, 2.24) is 19.9 Å². The first-order valence-corrected chi connectivity index (χ1v) is 16.2. The first-order valence-electron chi connectivity index (χ1n) is 16.2. The quantitative estimate of drug-likeness (QED) is 0.191. The third kappa shape index (κ3) is 4.97. The summed E-state index contributed by atoms with van der Waals surface area (Å²) < 4.78 is 0. The highest BCUT2D eigenvalue weighted by molar-refractivity contribution is 6.18. The van der Waals surface area contributed by atoms with Gasteiger partial charge in [-0.25, -0.2) is 9.97 Å². The third-order valence-corrected chi connectivity index (χ3v) is 9.84. The maximum Gasteiger partial charge on any atom is 0.303 e. The molecule has 0 fully saturated rings. The fourth-order valence-corrected chi connectivity index (χ4v) is 7.72. The largest absolute Gasteiger partial charge is 0.507 e. The summed E-state index contributed by atoms with van der Waals surface area (Å²) in [6.07, 6.45) is 3.53. The molecule has 3 aliphatic heterocycles. The van der Waals surface area contributed by atoms with Crippen LogP contribution in [0.3, 0.4) is 0 Å². The van der Waals surface area contributed by atoms with E-state index in [0.717, 1.165) is 67.8 Å². The molecule has 1 unspecified atom stereocenters. The Balaban J connectivity index is 1.81. The molecule has 5 N–H and O–H groups in total. The van der Waals surface area contributed by atoms with Crippen LogP contribution in [0.25, 0.3) is 45.2 Å². The van der Waals surface area contributed by atoms with Crippen LogP contribution in [0.4, 0.5) is 0 Å². The van der Waals surface area contributed by atoms with Crippen LogP contribution in [0.2, 0.25) is 0 Å². The molecular formula is C37H42N4O5. The lowest BCUT2D eigenvalue weighted by molar-refractivity contribution is -0.137. The van der Waals surface area contributed by atoms with Crippen LogP contribution in [0.15, 0.2) is 12.1 Å². The number of aldehydes is 1. The molecule has 0 saturated carbocycles. The molecule has 240 valence electrons. The summed E-state index contributed by atoms with van der Waals surface area (Å²) in [7, 11) is 0. The summed E-state index contributed by atoms with van der Waals surface area (Å²) in [5.41, 5.74) is 12.1. The van der Waals surface area contributed by atoms with E-state index in [9.17, 15) is 24.9 Å². The fraction of sp³-hybridized carbons (Fsp3) is 0.405. The van der Waals surface area contributed by atoms with Crippen LogP contribution >= 0.6 is 0 Å². The Kier molecular flexibility index (Phi) is 8.01. The molecule has 6 rings (SSSR count). The lowest BCUT2D eigenvalue weighted by atomic mass is 9.84. The van der Waals surface area contributed by atoms with Gasteiger partial charge in [0.1, 0.15) is 5.76 Å². The number of aliphatic hydroxyl groups excluding tert-OH is 2. The van der Waals surface area contributed by atoms with E-state index in [4.69, 9.17) is 9.97 Å². The average Bonchev–Trinajstić information content (AvgIpc) is 3.75. The number of aromatic amines is 2. The van der Waals surface area contributed by atoms with E-state index >= 15 is 0 Å².